The Labute approximate surface area is 119 Å². The molecule has 0 radical (unpaired) electrons. The van der Waals surface area contributed by atoms with Crippen molar-refractivity contribution in [2.75, 3.05) is 30.0 Å². The molecule has 0 amide bonds. The van der Waals surface area contributed by atoms with Gasteiger partial charge in [-0.3, -0.25) is 0 Å². The first-order valence-corrected chi connectivity index (χ1v) is 9.88. The van der Waals surface area contributed by atoms with Gasteiger partial charge < -0.3 is 5.73 Å². The summed E-state index contributed by atoms with van der Waals surface area (Å²) in [5.74, 6) is -0.723. The van der Waals surface area contributed by atoms with Crippen molar-refractivity contribution < 1.29 is 16.8 Å². The maximum absolute atomic E-state index is 12.2. The molecule has 0 aromatic heterocycles. The molecule has 0 atom stereocenters. The van der Waals surface area contributed by atoms with E-state index in [1.807, 2.05) is 6.07 Å². The Morgan fingerprint density at radius 3 is 2.55 bits per heavy atom. The third-order valence-electron chi connectivity index (χ3n) is 3.37. The number of nitrogens with two attached hydrogens (primary N) is 1. The van der Waals surface area contributed by atoms with E-state index in [9.17, 15) is 16.8 Å². The summed E-state index contributed by atoms with van der Waals surface area (Å²) in [5, 5.41) is 0. The summed E-state index contributed by atoms with van der Waals surface area (Å²) in [6.07, 6.45) is 1.59. The molecule has 1 aliphatic rings. The van der Waals surface area contributed by atoms with Crippen LogP contribution in [0.3, 0.4) is 0 Å². The molecule has 112 valence electrons. The minimum Gasteiger partial charge on any atom is -0.398 e. The Balaban J connectivity index is 2.16. The summed E-state index contributed by atoms with van der Waals surface area (Å²) < 4.78 is 47.9. The van der Waals surface area contributed by atoms with Crippen molar-refractivity contribution >= 4 is 25.5 Å². The number of hydrogen-bond acceptors (Lipinski definition) is 5. The topological polar surface area (TPSA) is 97.5 Å². The van der Waals surface area contributed by atoms with E-state index in [1.54, 1.807) is 12.1 Å². The van der Waals surface area contributed by atoms with Gasteiger partial charge in [-0.25, -0.2) is 16.8 Å². The molecule has 0 unspecified atom stereocenters. The van der Waals surface area contributed by atoms with Crippen molar-refractivity contribution in [2.24, 2.45) is 0 Å². The molecule has 0 saturated heterocycles. The second-order valence-corrected chi connectivity index (χ2v) is 9.36. The van der Waals surface area contributed by atoms with Crippen molar-refractivity contribution in [1.29, 1.82) is 0 Å². The maximum atomic E-state index is 12.2. The fourth-order valence-electron chi connectivity index (χ4n) is 2.24. The summed E-state index contributed by atoms with van der Waals surface area (Å²) in [4.78, 5) is 0. The quantitative estimate of drug-likeness (QED) is 0.788. The first kappa shape index (κ1) is 15.3. The fourth-order valence-corrected chi connectivity index (χ4v) is 5.25. The predicted octanol–water partition coefficient (Wildman–Crippen LogP) is 0.00130. The number of sulfonamides is 1. The third kappa shape index (κ3) is 3.50. The summed E-state index contributed by atoms with van der Waals surface area (Å²) in [6.45, 7) is 0.597. The number of nitrogens with zero attached hydrogens (tertiary/aromatic N) is 1. The molecular weight excluding hydrogens is 300 g/mol. The van der Waals surface area contributed by atoms with E-state index in [1.165, 1.54) is 4.31 Å². The van der Waals surface area contributed by atoms with Gasteiger partial charge in [-0.2, -0.15) is 4.31 Å². The molecule has 1 aliphatic heterocycles. The Kier molecular flexibility index (Phi) is 4.08. The van der Waals surface area contributed by atoms with Gasteiger partial charge in [-0.05, 0) is 23.6 Å². The highest BCUT2D eigenvalue weighted by atomic mass is 32.2. The zero-order chi connectivity index (χ0) is 15.0. The summed E-state index contributed by atoms with van der Waals surface area (Å²) in [5.41, 5.74) is 8.42. The average Bonchev–Trinajstić information content (AvgIpc) is 2.36. The lowest BCUT2D eigenvalue weighted by atomic mass is 9.99. The maximum Gasteiger partial charge on any atom is 0.215 e. The second kappa shape index (κ2) is 5.34. The number of sulfone groups is 1. The SMILES string of the molecule is CS(=O)(=O)CCS(=O)(=O)N1CCc2c(N)cccc2C1. The second-order valence-electron chi connectivity index (χ2n) is 5.01. The lowest BCUT2D eigenvalue weighted by Crippen LogP contribution is -2.39. The van der Waals surface area contributed by atoms with E-state index in [0.29, 0.717) is 18.7 Å². The molecule has 0 aliphatic carbocycles. The third-order valence-corrected chi connectivity index (χ3v) is 6.40. The molecule has 0 spiro atoms. The van der Waals surface area contributed by atoms with Crippen LogP contribution in [0.5, 0.6) is 0 Å². The Morgan fingerprint density at radius 2 is 1.90 bits per heavy atom. The van der Waals surface area contributed by atoms with Crippen LogP contribution < -0.4 is 5.73 Å². The minimum atomic E-state index is -3.56. The van der Waals surface area contributed by atoms with Gasteiger partial charge in [-0.1, -0.05) is 12.1 Å². The normalized spacial score (nSPS) is 16.9. The van der Waals surface area contributed by atoms with Gasteiger partial charge in [0.1, 0.15) is 9.84 Å². The summed E-state index contributed by atoms with van der Waals surface area (Å²) >= 11 is 0. The van der Waals surface area contributed by atoms with Crippen LogP contribution in [0, 0.1) is 0 Å². The van der Waals surface area contributed by atoms with E-state index >= 15 is 0 Å². The zero-order valence-electron chi connectivity index (χ0n) is 11.2. The molecule has 0 bridgehead atoms. The fraction of sp³-hybridized carbons (Fsp3) is 0.500. The van der Waals surface area contributed by atoms with Crippen LogP contribution in [0.4, 0.5) is 5.69 Å². The average molecular weight is 318 g/mol. The molecular formula is C12H18N2O4S2. The van der Waals surface area contributed by atoms with Crippen molar-refractivity contribution in [3.63, 3.8) is 0 Å². The van der Waals surface area contributed by atoms with Gasteiger partial charge in [0.05, 0.1) is 11.5 Å². The lowest BCUT2D eigenvalue weighted by Gasteiger charge is -2.28. The van der Waals surface area contributed by atoms with Crippen molar-refractivity contribution in [3.8, 4) is 0 Å². The molecule has 0 saturated carbocycles. The predicted molar refractivity (Wildman–Crippen MR) is 78.5 cm³/mol. The van der Waals surface area contributed by atoms with Crippen LogP contribution in [0.15, 0.2) is 18.2 Å². The van der Waals surface area contributed by atoms with E-state index < -0.39 is 19.9 Å². The Bertz CT molecular complexity index is 711. The molecule has 8 heteroatoms. The van der Waals surface area contributed by atoms with Crippen LogP contribution in [0.1, 0.15) is 11.1 Å². The van der Waals surface area contributed by atoms with Crippen molar-refractivity contribution in [1.82, 2.24) is 4.31 Å². The van der Waals surface area contributed by atoms with Crippen molar-refractivity contribution in [2.45, 2.75) is 13.0 Å². The van der Waals surface area contributed by atoms with Crippen LogP contribution in [-0.2, 0) is 32.8 Å². The summed E-state index contributed by atoms with van der Waals surface area (Å²) in [6, 6.07) is 5.44. The van der Waals surface area contributed by atoms with Gasteiger partial charge in [0.2, 0.25) is 10.0 Å². The van der Waals surface area contributed by atoms with Crippen LogP contribution in [0.25, 0.3) is 0 Å². The van der Waals surface area contributed by atoms with Crippen molar-refractivity contribution in [3.05, 3.63) is 29.3 Å². The van der Waals surface area contributed by atoms with Crippen LogP contribution >= 0.6 is 0 Å². The van der Waals surface area contributed by atoms with Gasteiger partial charge in [0.25, 0.3) is 0 Å². The number of anilines is 1. The smallest absolute Gasteiger partial charge is 0.215 e. The van der Waals surface area contributed by atoms with E-state index in [4.69, 9.17) is 5.73 Å². The molecule has 1 aromatic carbocycles. The molecule has 20 heavy (non-hydrogen) atoms. The number of benzene rings is 1. The molecule has 0 fully saturated rings. The van der Waals surface area contributed by atoms with Crippen LogP contribution in [-0.4, -0.2) is 45.4 Å². The van der Waals surface area contributed by atoms with E-state index in [0.717, 1.165) is 17.4 Å². The lowest BCUT2D eigenvalue weighted by molar-refractivity contribution is 0.392. The number of fused-ring (bicyclic) bond motifs is 1. The van der Waals surface area contributed by atoms with E-state index in [-0.39, 0.29) is 18.1 Å². The first-order chi connectivity index (χ1) is 9.19. The Hall–Kier alpha value is -1.12. The number of nitrogen functional groups attached to an aromatic ring is 1. The molecule has 2 N–H and O–H groups in total. The van der Waals surface area contributed by atoms with E-state index in [2.05, 4.69) is 0 Å². The van der Waals surface area contributed by atoms with Gasteiger partial charge in [0.15, 0.2) is 0 Å². The molecule has 1 aromatic rings. The number of rotatable bonds is 4. The largest absolute Gasteiger partial charge is 0.398 e. The van der Waals surface area contributed by atoms with Crippen LogP contribution in [0.2, 0.25) is 0 Å². The first-order valence-electron chi connectivity index (χ1n) is 6.21. The molecule has 6 nitrogen and oxygen atoms in total. The highest BCUT2D eigenvalue weighted by Crippen LogP contribution is 2.25. The minimum absolute atomic E-state index is 0.256. The highest BCUT2D eigenvalue weighted by Gasteiger charge is 2.28. The summed E-state index contributed by atoms with van der Waals surface area (Å²) in [7, 11) is -6.85. The highest BCUT2D eigenvalue weighted by molar-refractivity contribution is 7.93. The Morgan fingerprint density at radius 1 is 1.20 bits per heavy atom. The zero-order valence-corrected chi connectivity index (χ0v) is 12.9. The van der Waals surface area contributed by atoms with Gasteiger partial charge in [-0.15, -0.1) is 0 Å². The standard InChI is InChI=1S/C12H18N2O4S2/c1-19(15,16)7-8-20(17,18)14-6-5-11-10(9-14)3-2-4-12(11)13/h2-4H,5-9,13H2,1H3. The number of hydrogen-bond donors (Lipinski definition) is 1. The monoisotopic (exact) mass is 318 g/mol. The molecule has 2 rings (SSSR count). The van der Waals surface area contributed by atoms with Gasteiger partial charge in [0, 0.05) is 25.0 Å². The van der Waals surface area contributed by atoms with Gasteiger partial charge >= 0.3 is 0 Å². The molecule has 1 heterocycles.